The minimum Gasteiger partial charge on any atom is -0.388 e. The molecule has 0 bridgehead atoms. The lowest BCUT2D eigenvalue weighted by atomic mass is 10.5. The Kier molecular flexibility index (Phi) is 2.10. The molecular weight excluding hydrogens is 144 g/mol. The minimum atomic E-state index is -0.218. The van der Waals surface area contributed by atoms with E-state index < -0.39 is 0 Å². The van der Waals surface area contributed by atoms with Crippen molar-refractivity contribution in [2.45, 2.75) is 13.5 Å². The summed E-state index contributed by atoms with van der Waals surface area (Å²) in [7, 11) is 0. The second-order valence-corrected chi connectivity index (χ2v) is 2.23. The van der Waals surface area contributed by atoms with Crippen LogP contribution in [0.3, 0.4) is 0 Å². The van der Waals surface area contributed by atoms with Crippen molar-refractivity contribution in [3.05, 3.63) is 22.4 Å². The number of amidine groups is 1. The highest BCUT2D eigenvalue weighted by atomic mass is 16.1. The quantitative estimate of drug-likeness (QED) is 0.399. The summed E-state index contributed by atoms with van der Waals surface area (Å²) in [6, 6.07) is 0. The van der Waals surface area contributed by atoms with Gasteiger partial charge in [0.05, 0.1) is 18.1 Å². The van der Waals surface area contributed by atoms with Gasteiger partial charge >= 0.3 is 5.69 Å². The molecular formula is C6H10N4O. The predicted molar refractivity (Wildman–Crippen MR) is 42.4 cm³/mol. The monoisotopic (exact) mass is 154 g/mol. The third-order valence-electron chi connectivity index (χ3n) is 1.15. The largest absolute Gasteiger partial charge is 0.388 e. The molecule has 4 N–H and O–H groups in total. The van der Waals surface area contributed by atoms with Crippen molar-refractivity contribution < 1.29 is 0 Å². The number of nitrogens with one attached hydrogen (secondary N) is 2. The van der Waals surface area contributed by atoms with E-state index >= 15 is 0 Å². The molecule has 0 atom stereocenters. The lowest BCUT2D eigenvalue weighted by Gasteiger charge is -1.89. The number of imidazole rings is 1. The summed E-state index contributed by atoms with van der Waals surface area (Å²) in [4.78, 5) is 19.5. The lowest BCUT2D eigenvalue weighted by Crippen LogP contribution is -2.06. The molecule has 0 unspecified atom stereocenters. The van der Waals surface area contributed by atoms with Gasteiger partial charge in [0.15, 0.2) is 0 Å². The van der Waals surface area contributed by atoms with Crippen molar-refractivity contribution in [1.82, 2.24) is 9.97 Å². The summed E-state index contributed by atoms with van der Waals surface area (Å²) >= 11 is 0. The molecule has 0 aliphatic heterocycles. The number of nitrogens with zero attached hydrogens (tertiary/aromatic N) is 1. The van der Waals surface area contributed by atoms with Crippen LogP contribution in [0, 0.1) is 0 Å². The summed E-state index contributed by atoms with van der Waals surface area (Å²) in [6.45, 7) is 2.12. The first-order valence-electron chi connectivity index (χ1n) is 3.21. The fourth-order valence-corrected chi connectivity index (χ4v) is 0.666. The molecule has 0 radical (unpaired) electrons. The van der Waals surface area contributed by atoms with Crippen LogP contribution in [0.15, 0.2) is 16.0 Å². The van der Waals surface area contributed by atoms with Crippen molar-refractivity contribution in [2.24, 2.45) is 10.7 Å². The van der Waals surface area contributed by atoms with E-state index in [1.807, 2.05) is 0 Å². The molecule has 0 amide bonds. The molecule has 1 aromatic heterocycles. The van der Waals surface area contributed by atoms with Gasteiger partial charge in [0.1, 0.15) is 0 Å². The highest BCUT2D eigenvalue weighted by Crippen LogP contribution is 1.89. The average molecular weight is 154 g/mol. The Morgan fingerprint density at radius 2 is 2.55 bits per heavy atom. The molecule has 60 valence electrons. The number of aromatic amines is 2. The second kappa shape index (κ2) is 3.05. The van der Waals surface area contributed by atoms with Crippen molar-refractivity contribution in [3.8, 4) is 0 Å². The Morgan fingerprint density at radius 3 is 3.00 bits per heavy atom. The maximum Gasteiger partial charge on any atom is 0.323 e. The summed E-state index contributed by atoms with van der Waals surface area (Å²) in [6.07, 6.45) is 1.58. The van der Waals surface area contributed by atoms with E-state index in [0.717, 1.165) is 5.69 Å². The van der Waals surface area contributed by atoms with Crippen LogP contribution >= 0.6 is 0 Å². The molecule has 0 saturated heterocycles. The van der Waals surface area contributed by atoms with Gasteiger partial charge in [0, 0.05) is 6.20 Å². The van der Waals surface area contributed by atoms with Gasteiger partial charge in [-0.3, -0.25) is 4.99 Å². The van der Waals surface area contributed by atoms with Gasteiger partial charge < -0.3 is 15.7 Å². The topological polar surface area (TPSA) is 87.0 Å². The standard InChI is InChI=1S/C6H10N4O/c1-4(7)8-2-5-3-9-6(11)10-5/h3H,2H2,1H3,(H2,7,8)(H2,9,10,11). The first-order chi connectivity index (χ1) is 5.18. The molecule has 5 heteroatoms. The van der Waals surface area contributed by atoms with Crippen LogP contribution in [0.5, 0.6) is 0 Å². The van der Waals surface area contributed by atoms with Gasteiger partial charge in [-0.1, -0.05) is 0 Å². The smallest absolute Gasteiger partial charge is 0.323 e. The van der Waals surface area contributed by atoms with Crippen LogP contribution in [0.1, 0.15) is 12.6 Å². The van der Waals surface area contributed by atoms with E-state index in [1.54, 1.807) is 13.1 Å². The Balaban J connectivity index is 2.65. The minimum absolute atomic E-state index is 0.218. The van der Waals surface area contributed by atoms with E-state index in [1.165, 1.54) is 0 Å². The molecule has 0 aliphatic carbocycles. The molecule has 5 nitrogen and oxygen atoms in total. The van der Waals surface area contributed by atoms with Gasteiger partial charge in [0.25, 0.3) is 0 Å². The number of hydrogen-bond donors (Lipinski definition) is 3. The van der Waals surface area contributed by atoms with Gasteiger partial charge in [0.2, 0.25) is 0 Å². The molecule has 11 heavy (non-hydrogen) atoms. The zero-order chi connectivity index (χ0) is 8.27. The first kappa shape index (κ1) is 7.59. The van der Waals surface area contributed by atoms with Crippen LogP contribution in [0.4, 0.5) is 0 Å². The maximum atomic E-state index is 10.5. The molecule has 0 aromatic carbocycles. The molecule has 0 fully saturated rings. The van der Waals surface area contributed by atoms with Crippen molar-refractivity contribution >= 4 is 5.84 Å². The number of hydrogen-bond acceptors (Lipinski definition) is 2. The van der Waals surface area contributed by atoms with Gasteiger partial charge in [-0.15, -0.1) is 0 Å². The van der Waals surface area contributed by atoms with Crippen LogP contribution in [0.25, 0.3) is 0 Å². The van der Waals surface area contributed by atoms with Crippen LogP contribution in [-0.2, 0) is 6.54 Å². The van der Waals surface area contributed by atoms with Crippen molar-refractivity contribution in [3.63, 3.8) is 0 Å². The van der Waals surface area contributed by atoms with Crippen LogP contribution < -0.4 is 11.4 Å². The molecule has 0 saturated carbocycles. The first-order valence-corrected chi connectivity index (χ1v) is 3.21. The van der Waals surface area contributed by atoms with Crippen molar-refractivity contribution in [1.29, 1.82) is 0 Å². The number of aliphatic imine (C=N–C) groups is 1. The number of H-pyrrole nitrogens is 2. The van der Waals surface area contributed by atoms with Gasteiger partial charge in [-0.25, -0.2) is 4.79 Å². The van der Waals surface area contributed by atoms with Gasteiger partial charge in [-0.2, -0.15) is 0 Å². The molecule has 1 heterocycles. The average Bonchev–Trinajstić information content (AvgIpc) is 2.31. The second-order valence-electron chi connectivity index (χ2n) is 2.23. The Bertz CT molecular complexity index is 304. The Morgan fingerprint density at radius 1 is 1.82 bits per heavy atom. The zero-order valence-corrected chi connectivity index (χ0v) is 6.22. The summed E-state index contributed by atoms with van der Waals surface area (Å²) < 4.78 is 0. The van der Waals surface area contributed by atoms with Gasteiger partial charge in [-0.05, 0) is 6.92 Å². The molecule has 1 aromatic rings. The van der Waals surface area contributed by atoms with E-state index in [4.69, 9.17) is 5.73 Å². The lowest BCUT2D eigenvalue weighted by molar-refractivity contribution is 0.994. The summed E-state index contributed by atoms with van der Waals surface area (Å²) in [5, 5.41) is 0. The van der Waals surface area contributed by atoms with Crippen LogP contribution in [-0.4, -0.2) is 15.8 Å². The van der Waals surface area contributed by atoms with Crippen molar-refractivity contribution in [2.75, 3.05) is 0 Å². The van der Waals surface area contributed by atoms with E-state index in [9.17, 15) is 4.79 Å². The van der Waals surface area contributed by atoms with E-state index in [2.05, 4.69) is 15.0 Å². The SMILES string of the molecule is CC(N)=NCc1c[nH]c(=O)[nH]1. The molecule has 0 aliphatic rings. The third-order valence-corrected chi connectivity index (χ3v) is 1.15. The molecule has 1 rings (SSSR count). The van der Waals surface area contributed by atoms with E-state index in [-0.39, 0.29) is 5.69 Å². The zero-order valence-electron chi connectivity index (χ0n) is 6.22. The normalized spacial score (nSPS) is 11.9. The Hall–Kier alpha value is -1.52. The van der Waals surface area contributed by atoms with E-state index in [0.29, 0.717) is 12.4 Å². The number of rotatable bonds is 2. The number of nitrogens with two attached hydrogens (primary N) is 1. The Labute approximate surface area is 63.4 Å². The van der Waals surface area contributed by atoms with Crippen LogP contribution in [0.2, 0.25) is 0 Å². The predicted octanol–water partition coefficient (Wildman–Crippen LogP) is -0.420. The highest BCUT2D eigenvalue weighted by Gasteiger charge is 1.92. The summed E-state index contributed by atoms with van der Waals surface area (Å²) in [5.41, 5.74) is 5.81. The third kappa shape index (κ3) is 2.29. The summed E-state index contributed by atoms with van der Waals surface area (Å²) in [5.74, 6) is 0.507. The highest BCUT2D eigenvalue weighted by molar-refractivity contribution is 5.77. The maximum absolute atomic E-state index is 10.5. The fourth-order valence-electron chi connectivity index (χ4n) is 0.666. The fraction of sp³-hybridized carbons (Fsp3) is 0.333. The molecule has 0 spiro atoms. The number of aromatic nitrogens is 2.